The molecule has 0 aromatic rings. The maximum Gasteiger partial charge on any atom is 0.165 e. The zero-order valence-electron chi connectivity index (χ0n) is 13.8. The smallest absolute Gasteiger partial charge is 0.165 e. The maximum absolute atomic E-state index is 4.78. The highest BCUT2D eigenvalue weighted by Gasteiger charge is 2.30. The van der Waals surface area contributed by atoms with Gasteiger partial charge in [-0.05, 0) is 25.7 Å². The molecule has 0 unspecified atom stereocenters. The summed E-state index contributed by atoms with van der Waals surface area (Å²) in [7, 11) is 0. The van der Waals surface area contributed by atoms with Gasteiger partial charge in [0.05, 0.1) is 6.33 Å². The molecule has 0 aromatic carbocycles. The van der Waals surface area contributed by atoms with E-state index in [4.69, 9.17) is 9.97 Å². The molecule has 3 aliphatic rings. The minimum atomic E-state index is 0.583. The van der Waals surface area contributed by atoms with Crippen molar-refractivity contribution in [1.29, 1.82) is 0 Å². The molecule has 3 rings (SSSR count). The average Bonchev–Trinajstić information content (AvgIpc) is 3.28. The van der Waals surface area contributed by atoms with Crippen molar-refractivity contribution >= 4 is 5.82 Å². The van der Waals surface area contributed by atoms with E-state index in [2.05, 4.69) is 28.7 Å². The van der Waals surface area contributed by atoms with Crippen LogP contribution in [0, 0.1) is 0 Å². The summed E-state index contributed by atoms with van der Waals surface area (Å²) in [5.41, 5.74) is 0.952. The first-order valence-corrected chi connectivity index (χ1v) is 8.80. The van der Waals surface area contributed by atoms with Crippen molar-refractivity contribution in [2.24, 2.45) is 0 Å². The van der Waals surface area contributed by atoms with Gasteiger partial charge in [-0.1, -0.05) is 33.1 Å². The molecule has 0 aromatic heterocycles. The van der Waals surface area contributed by atoms with Crippen LogP contribution in [-0.4, -0.2) is 26.1 Å². The number of nitrogens with one attached hydrogen (secondary N) is 1. The second kappa shape index (κ2) is 7.07. The van der Waals surface area contributed by atoms with Gasteiger partial charge in [0.25, 0.3) is 0 Å². The molecular weight excluding hydrogens is 274 g/mol. The molecule has 2 aliphatic heterocycles. The predicted octanol–water partition coefficient (Wildman–Crippen LogP) is 4.06. The summed E-state index contributed by atoms with van der Waals surface area (Å²) in [6.45, 7) is 6.33. The van der Waals surface area contributed by atoms with Crippen molar-refractivity contribution in [2.75, 3.05) is 11.9 Å². The molecule has 5 heteroatoms. The third kappa shape index (κ3) is 3.39. The molecule has 0 saturated heterocycles. The number of imidazole rings is 1. The van der Waals surface area contributed by atoms with Crippen LogP contribution >= 0.6 is 0 Å². The van der Waals surface area contributed by atoms with Gasteiger partial charge < -0.3 is 9.88 Å². The van der Waals surface area contributed by atoms with Gasteiger partial charge in [-0.15, -0.1) is 0 Å². The van der Waals surface area contributed by atoms with E-state index < -0.39 is 0 Å². The number of hydrogen-bond acceptors (Lipinski definition) is 4. The lowest BCUT2D eigenvalue weighted by molar-refractivity contribution is 0.657. The Morgan fingerprint density at radius 1 is 1.14 bits per heavy atom. The largest absolute Gasteiger partial charge is 0.368 e. The predicted molar refractivity (Wildman–Crippen MR) is 89.3 cm³/mol. The second-order valence-corrected chi connectivity index (χ2v) is 6.30. The Bertz CT molecular complexity index is 573. The summed E-state index contributed by atoms with van der Waals surface area (Å²) in [5, 5.41) is 3.46. The molecule has 1 N–H and O–H groups in total. The first kappa shape index (κ1) is 15.3. The fourth-order valence-corrected chi connectivity index (χ4v) is 2.77. The number of aryl methyl sites for hydroxylation is 1. The monoisotopic (exact) mass is 301 g/mol. The van der Waals surface area contributed by atoms with Crippen LogP contribution in [0.15, 0.2) is 6.33 Å². The lowest BCUT2D eigenvalue weighted by Crippen LogP contribution is -2.11. The number of fused-ring (bicyclic) bond motifs is 1. The molecule has 0 atom stereocenters. The molecule has 1 aliphatic carbocycles. The Morgan fingerprint density at radius 2 is 2.00 bits per heavy atom. The van der Waals surface area contributed by atoms with E-state index in [9.17, 15) is 0 Å². The standard InChI is InChI=1S/C17H27N5/c1-3-5-6-7-10-18-16-14-17(22(11-4-2)12-19-16)21-15(20-14)13-8-9-13/h12-13,18H,3-11H2,1-2H3. The normalized spacial score (nSPS) is 14.6. The van der Waals surface area contributed by atoms with Gasteiger partial charge in [0.15, 0.2) is 17.3 Å². The molecule has 0 spiro atoms. The molecule has 120 valence electrons. The van der Waals surface area contributed by atoms with Crippen LogP contribution < -0.4 is 5.32 Å². The van der Waals surface area contributed by atoms with Crippen molar-refractivity contribution in [3.63, 3.8) is 0 Å². The fourth-order valence-electron chi connectivity index (χ4n) is 2.77. The Kier molecular flexibility index (Phi) is 4.90. The zero-order valence-corrected chi connectivity index (χ0v) is 13.8. The van der Waals surface area contributed by atoms with Crippen molar-refractivity contribution in [3.05, 3.63) is 12.2 Å². The molecule has 0 radical (unpaired) electrons. The number of hydrogen-bond donors (Lipinski definition) is 1. The van der Waals surface area contributed by atoms with Gasteiger partial charge in [0, 0.05) is 19.0 Å². The number of unbranched alkanes of at least 4 members (excludes halogenated alkanes) is 3. The summed E-state index contributed by atoms with van der Waals surface area (Å²) in [6.07, 6.45) is 10.5. The summed E-state index contributed by atoms with van der Waals surface area (Å²) in [5.74, 6) is 3.50. The van der Waals surface area contributed by atoms with E-state index in [0.29, 0.717) is 5.92 Å². The minimum absolute atomic E-state index is 0.583. The molecular formula is C17H27N5. The second-order valence-electron chi connectivity index (χ2n) is 6.30. The number of nitrogens with zero attached hydrogens (tertiary/aromatic N) is 4. The Labute approximate surface area is 132 Å². The van der Waals surface area contributed by atoms with Crippen LogP contribution in [0.2, 0.25) is 0 Å². The minimum Gasteiger partial charge on any atom is -0.368 e. The molecule has 0 amide bonds. The molecule has 2 heterocycles. The van der Waals surface area contributed by atoms with Gasteiger partial charge in [-0.25, -0.2) is 15.0 Å². The molecule has 22 heavy (non-hydrogen) atoms. The maximum atomic E-state index is 4.78. The molecule has 1 saturated carbocycles. The topological polar surface area (TPSA) is 55.6 Å². The SMILES string of the molecule is CCCCCCNc1ncn(CCC)c2nc(C3CC3)nc1-2. The summed E-state index contributed by atoms with van der Waals surface area (Å²) < 4.78 is 2.14. The Hall–Kier alpha value is -1.65. The van der Waals surface area contributed by atoms with Crippen molar-refractivity contribution in [3.8, 4) is 11.5 Å². The van der Waals surface area contributed by atoms with Crippen LogP contribution in [-0.2, 0) is 6.54 Å². The lowest BCUT2D eigenvalue weighted by atomic mass is 10.2. The molecule has 0 bridgehead atoms. The van der Waals surface area contributed by atoms with Crippen molar-refractivity contribution in [1.82, 2.24) is 19.5 Å². The van der Waals surface area contributed by atoms with E-state index in [-0.39, 0.29) is 0 Å². The van der Waals surface area contributed by atoms with Crippen molar-refractivity contribution < 1.29 is 0 Å². The van der Waals surface area contributed by atoms with Gasteiger partial charge in [0.2, 0.25) is 0 Å². The number of anilines is 1. The van der Waals surface area contributed by atoms with Crippen LogP contribution in [0.3, 0.4) is 0 Å². The summed E-state index contributed by atoms with van der Waals surface area (Å²) in [6, 6.07) is 0. The third-order valence-corrected chi connectivity index (χ3v) is 4.21. The first-order valence-electron chi connectivity index (χ1n) is 8.80. The highest BCUT2D eigenvalue weighted by molar-refractivity contribution is 5.67. The highest BCUT2D eigenvalue weighted by atomic mass is 15.2. The Balaban J connectivity index is 1.76. The van der Waals surface area contributed by atoms with Gasteiger partial charge in [0.1, 0.15) is 5.82 Å². The zero-order chi connectivity index (χ0) is 15.4. The average molecular weight is 301 g/mol. The van der Waals surface area contributed by atoms with Crippen molar-refractivity contribution in [2.45, 2.75) is 71.3 Å². The van der Waals surface area contributed by atoms with Gasteiger partial charge in [-0.3, -0.25) is 0 Å². The summed E-state index contributed by atoms with van der Waals surface area (Å²) in [4.78, 5) is 14.1. The van der Waals surface area contributed by atoms with E-state index in [1.54, 1.807) is 0 Å². The highest BCUT2D eigenvalue weighted by Crippen LogP contribution is 2.40. The van der Waals surface area contributed by atoms with E-state index >= 15 is 0 Å². The Morgan fingerprint density at radius 3 is 2.73 bits per heavy atom. The fraction of sp³-hybridized carbons (Fsp3) is 0.706. The van der Waals surface area contributed by atoms with E-state index in [1.165, 1.54) is 38.5 Å². The van der Waals surface area contributed by atoms with Gasteiger partial charge in [-0.2, -0.15) is 0 Å². The summed E-state index contributed by atoms with van der Waals surface area (Å²) >= 11 is 0. The van der Waals surface area contributed by atoms with Crippen LogP contribution in [0.1, 0.15) is 70.5 Å². The van der Waals surface area contributed by atoms with E-state index in [1.807, 2.05) is 6.33 Å². The lowest BCUT2D eigenvalue weighted by Gasteiger charge is -2.13. The first-order chi connectivity index (χ1) is 10.8. The third-order valence-electron chi connectivity index (χ3n) is 4.21. The molecule has 1 fully saturated rings. The molecule has 5 nitrogen and oxygen atoms in total. The number of rotatable bonds is 9. The quantitative estimate of drug-likeness (QED) is 0.710. The number of aromatic nitrogens is 4. The van der Waals surface area contributed by atoms with Crippen LogP contribution in [0.25, 0.3) is 11.5 Å². The van der Waals surface area contributed by atoms with Crippen LogP contribution in [0.5, 0.6) is 0 Å². The van der Waals surface area contributed by atoms with Gasteiger partial charge >= 0.3 is 0 Å². The van der Waals surface area contributed by atoms with E-state index in [0.717, 1.165) is 42.7 Å². The van der Waals surface area contributed by atoms with Crippen LogP contribution in [0.4, 0.5) is 5.82 Å².